The lowest BCUT2D eigenvalue weighted by Crippen LogP contribution is -2.38. The van der Waals surface area contributed by atoms with Crippen LogP contribution >= 0.6 is 11.8 Å². The molecule has 0 aromatic carbocycles. The van der Waals surface area contributed by atoms with Crippen LogP contribution < -0.4 is 5.32 Å². The monoisotopic (exact) mass is 364 g/mol. The van der Waals surface area contributed by atoms with Crippen molar-refractivity contribution >= 4 is 23.6 Å². The molecule has 1 aliphatic heterocycles. The average molecular weight is 365 g/mol. The molecule has 0 bridgehead atoms. The summed E-state index contributed by atoms with van der Waals surface area (Å²) in [5, 5.41) is 7.55. The maximum Gasteiger partial charge on any atom is 0.230 e. The van der Waals surface area contributed by atoms with Crippen molar-refractivity contribution in [3.8, 4) is 0 Å². The SMILES string of the molecule is CCCSCC(=O)NCc1cc2n(n1)CCCN(C(=O)C1CCC1)C2. The lowest BCUT2D eigenvalue weighted by atomic mass is 9.84. The van der Waals surface area contributed by atoms with Gasteiger partial charge in [0, 0.05) is 19.0 Å². The van der Waals surface area contributed by atoms with Crippen LogP contribution in [0.1, 0.15) is 50.4 Å². The number of nitrogens with one attached hydrogen (secondary N) is 1. The number of carbonyl (C=O) groups is 2. The number of nitrogens with zero attached hydrogens (tertiary/aromatic N) is 3. The highest BCUT2D eigenvalue weighted by atomic mass is 32.2. The summed E-state index contributed by atoms with van der Waals surface area (Å²) in [4.78, 5) is 26.3. The zero-order valence-electron chi connectivity index (χ0n) is 15.0. The Kier molecular flexibility index (Phi) is 6.39. The molecular formula is C18H28N4O2S. The van der Waals surface area contributed by atoms with E-state index in [2.05, 4.69) is 17.3 Å². The topological polar surface area (TPSA) is 67.2 Å². The second-order valence-electron chi connectivity index (χ2n) is 6.92. The predicted molar refractivity (Wildman–Crippen MR) is 99.1 cm³/mol. The van der Waals surface area contributed by atoms with Crippen LogP contribution in [-0.2, 0) is 29.2 Å². The Morgan fingerprint density at radius 2 is 2.16 bits per heavy atom. The maximum atomic E-state index is 12.5. The van der Waals surface area contributed by atoms with Crippen molar-refractivity contribution in [3.63, 3.8) is 0 Å². The lowest BCUT2D eigenvalue weighted by Gasteiger charge is -2.30. The van der Waals surface area contributed by atoms with Gasteiger partial charge in [-0.15, -0.1) is 0 Å². The minimum atomic E-state index is 0.0587. The number of amides is 2. The molecule has 1 saturated carbocycles. The highest BCUT2D eigenvalue weighted by molar-refractivity contribution is 7.99. The van der Waals surface area contributed by atoms with Crippen molar-refractivity contribution in [2.24, 2.45) is 5.92 Å². The Labute approximate surface area is 153 Å². The minimum Gasteiger partial charge on any atom is -0.350 e. The van der Waals surface area contributed by atoms with Gasteiger partial charge >= 0.3 is 0 Å². The molecule has 1 aromatic heterocycles. The first-order valence-corrected chi connectivity index (χ1v) is 10.5. The number of aryl methyl sites for hydroxylation is 1. The molecule has 0 unspecified atom stereocenters. The van der Waals surface area contributed by atoms with Gasteiger partial charge in [0.05, 0.1) is 30.2 Å². The van der Waals surface area contributed by atoms with Crippen molar-refractivity contribution in [2.45, 2.75) is 58.7 Å². The van der Waals surface area contributed by atoms with Crippen LogP contribution in [0.3, 0.4) is 0 Å². The number of rotatable bonds is 7. The van der Waals surface area contributed by atoms with Crippen molar-refractivity contribution in [1.82, 2.24) is 20.0 Å². The molecule has 3 rings (SSSR count). The van der Waals surface area contributed by atoms with Crippen LogP contribution in [0, 0.1) is 5.92 Å². The molecule has 1 aliphatic carbocycles. The van der Waals surface area contributed by atoms with E-state index in [1.807, 2.05) is 15.6 Å². The zero-order valence-corrected chi connectivity index (χ0v) is 15.8. The molecule has 0 spiro atoms. The van der Waals surface area contributed by atoms with Gasteiger partial charge in [-0.05, 0) is 37.5 Å². The molecule has 0 atom stereocenters. The Morgan fingerprint density at radius 3 is 2.88 bits per heavy atom. The number of aromatic nitrogens is 2. The van der Waals surface area contributed by atoms with Crippen LogP contribution in [0.15, 0.2) is 6.07 Å². The second kappa shape index (κ2) is 8.74. The fourth-order valence-corrected chi connectivity index (χ4v) is 3.98. The van der Waals surface area contributed by atoms with E-state index in [9.17, 15) is 9.59 Å². The molecule has 6 nitrogen and oxygen atoms in total. The number of thioether (sulfide) groups is 1. The standard InChI is InChI=1S/C18H28N4O2S/c1-2-9-25-13-17(23)19-11-15-10-16-12-21(7-4-8-22(16)20-15)18(24)14-5-3-6-14/h10,14H,2-9,11-13H2,1H3,(H,19,23). The van der Waals surface area contributed by atoms with Gasteiger partial charge in [-0.3, -0.25) is 14.3 Å². The third kappa shape index (κ3) is 4.77. The molecule has 7 heteroatoms. The van der Waals surface area contributed by atoms with E-state index in [1.54, 1.807) is 11.8 Å². The van der Waals surface area contributed by atoms with Crippen LogP contribution in [0.25, 0.3) is 0 Å². The molecular weight excluding hydrogens is 336 g/mol. The van der Waals surface area contributed by atoms with E-state index in [0.29, 0.717) is 24.7 Å². The molecule has 2 amide bonds. The van der Waals surface area contributed by atoms with Gasteiger partial charge in [-0.1, -0.05) is 13.3 Å². The van der Waals surface area contributed by atoms with Crippen molar-refractivity contribution < 1.29 is 9.59 Å². The first-order chi connectivity index (χ1) is 12.2. The first-order valence-electron chi connectivity index (χ1n) is 9.36. The summed E-state index contributed by atoms with van der Waals surface area (Å²) < 4.78 is 2.00. The van der Waals surface area contributed by atoms with Crippen LogP contribution in [0.2, 0.25) is 0 Å². The molecule has 138 valence electrons. The van der Waals surface area contributed by atoms with E-state index in [4.69, 9.17) is 0 Å². The number of hydrogen-bond donors (Lipinski definition) is 1. The average Bonchev–Trinajstić information content (AvgIpc) is 2.82. The molecule has 1 fully saturated rings. The third-order valence-corrected chi connectivity index (χ3v) is 6.04. The smallest absolute Gasteiger partial charge is 0.230 e. The Morgan fingerprint density at radius 1 is 1.32 bits per heavy atom. The van der Waals surface area contributed by atoms with E-state index in [0.717, 1.165) is 55.9 Å². The van der Waals surface area contributed by atoms with E-state index in [1.165, 1.54) is 6.42 Å². The lowest BCUT2D eigenvalue weighted by molar-refractivity contribution is -0.138. The highest BCUT2D eigenvalue weighted by Crippen LogP contribution is 2.29. The van der Waals surface area contributed by atoms with Crippen molar-refractivity contribution in [1.29, 1.82) is 0 Å². The van der Waals surface area contributed by atoms with E-state index < -0.39 is 0 Å². The molecule has 0 radical (unpaired) electrons. The molecule has 2 aliphatic rings. The van der Waals surface area contributed by atoms with Crippen molar-refractivity contribution in [2.75, 3.05) is 18.1 Å². The Hall–Kier alpha value is -1.50. The molecule has 0 saturated heterocycles. The fraction of sp³-hybridized carbons (Fsp3) is 0.722. The summed E-state index contributed by atoms with van der Waals surface area (Å²) in [6.45, 7) is 4.87. The van der Waals surface area contributed by atoms with E-state index in [-0.39, 0.29) is 11.8 Å². The van der Waals surface area contributed by atoms with Crippen LogP contribution in [0.5, 0.6) is 0 Å². The Bertz CT molecular complexity index is 612. The quantitative estimate of drug-likeness (QED) is 0.753. The summed E-state index contributed by atoms with van der Waals surface area (Å²) in [7, 11) is 0. The highest BCUT2D eigenvalue weighted by Gasteiger charge is 2.30. The van der Waals surface area contributed by atoms with Gasteiger partial charge in [-0.2, -0.15) is 16.9 Å². The van der Waals surface area contributed by atoms with Gasteiger partial charge in [-0.25, -0.2) is 0 Å². The summed E-state index contributed by atoms with van der Waals surface area (Å²) >= 11 is 1.66. The summed E-state index contributed by atoms with van der Waals surface area (Å²) in [5.41, 5.74) is 1.96. The van der Waals surface area contributed by atoms with Gasteiger partial charge in [0.25, 0.3) is 0 Å². The number of hydrogen-bond acceptors (Lipinski definition) is 4. The Balaban J connectivity index is 1.53. The summed E-state index contributed by atoms with van der Waals surface area (Å²) in [5.74, 6) is 2.13. The predicted octanol–water partition coefficient (Wildman–Crippen LogP) is 2.17. The normalized spacial score (nSPS) is 17.6. The summed E-state index contributed by atoms with van der Waals surface area (Å²) in [6.07, 6.45) is 5.29. The molecule has 1 N–H and O–H groups in total. The largest absolute Gasteiger partial charge is 0.350 e. The summed E-state index contributed by atoms with van der Waals surface area (Å²) in [6, 6.07) is 2.03. The fourth-order valence-electron chi connectivity index (χ4n) is 3.26. The van der Waals surface area contributed by atoms with Gasteiger partial charge in [0.15, 0.2) is 0 Å². The van der Waals surface area contributed by atoms with Gasteiger partial charge < -0.3 is 10.2 Å². The van der Waals surface area contributed by atoms with Crippen LogP contribution in [0.4, 0.5) is 0 Å². The van der Waals surface area contributed by atoms with Gasteiger partial charge in [0.2, 0.25) is 11.8 Å². The second-order valence-corrected chi connectivity index (χ2v) is 8.03. The van der Waals surface area contributed by atoms with Crippen LogP contribution in [-0.4, -0.2) is 44.5 Å². The third-order valence-electron chi connectivity index (χ3n) is 4.88. The molecule has 2 heterocycles. The number of carbonyl (C=O) groups excluding carboxylic acids is 2. The van der Waals surface area contributed by atoms with Crippen molar-refractivity contribution in [3.05, 3.63) is 17.5 Å². The maximum absolute atomic E-state index is 12.5. The zero-order chi connectivity index (χ0) is 17.6. The first kappa shape index (κ1) is 18.3. The number of fused-ring (bicyclic) bond motifs is 1. The minimum absolute atomic E-state index is 0.0587. The van der Waals surface area contributed by atoms with Gasteiger partial charge in [0.1, 0.15) is 0 Å². The molecule has 25 heavy (non-hydrogen) atoms. The molecule has 1 aromatic rings. The van der Waals surface area contributed by atoms with E-state index >= 15 is 0 Å².